The first kappa shape index (κ1) is 11.3. The zero-order chi connectivity index (χ0) is 12.7. The highest BCUT2D eigenvalue weighted by molar-refractivity contribution is 7.13. The summed E-state index contributed by atoms with van der Waals surface area (Å²) in [4.78, 5) is 4.67. The summed E-state index contributed by atoms with van der Waals surface area (Å²) in [6.45, 7) is 1.18. The van der Waals surface area contributed by atoms with Crippen molar-refractivity contribution < 1.29 is 9.47 Å². The van der Waals surface area contributed by atoms with E-state index < -0.39 is 0 Å². The van der Waals surface area contributed by atoms with Gasteiger partial charge in [0.15, 0.2) is 11.5 Å². The van der Waals surface area contributed by atoms with Crippen LogP contribution in [0.1, 0.15) is 18.5 Å². The zero-order valence-electron chi connectivity index (χ0n) is 10.4. The van der Waals surface area contributed by atoms with Crippen molar-refractivity contribution >= 4 is 11.3 Å². The molecular weight excluding hydrogens is 260 g/mol. The maximum Gasteiger partial charge on any atom is 0.231 e. The van der Waals surface area contributed by atoms with Gasteiger partial charge >= 0.3 is 0 Å². The third-order valence-electron chi connectivity index (χ3n) is 3.32. The highest BCUT2D eigenvalue weighted by Crippen LogP contribution is 2.36. The second-order valence-corrected chi connectivity index (χ2v) is 5.73. The monoisotopic (exact) mass is 274 g/mol. The van der Waals surface area contributed by atoms with Crippen LogP contribution < -0.4 is 14.8 Å². The molecule has 5 heteroatoms. The summed E-state index contributed by atoms with van der Waals surface area (Å²) < 4.78 is 10.7. The topological polar surface area (TPSA) is 43.4 Å². The molecule has 4 nitrogen and oxygen atoms in total. The minimum Gasteiger partial charge on any atom is -0.454 e. The smallest absolute Gasteiger partial charge is 0.231 e. The highest BCUT2D eigenvalue weighted by atomic mass is 32.1. The molecule has 98 valence electrons. The average Bonchev–Trinajstić information content (AvgIpc) is 2.96. The van der Waals surface area contributed by atoms with Crippen LogP contribution in [0, 0.1) is 0 Å². The Labute approximate surface area is 115 Å². The lowest BCUT2D eigenvalue weighted by Gasteiger charge is -2.00. The van der Waals surface area contributed by atoms with E-state index >= 15 is 0 Å². The highest BCUT2D eigenvalue weighted by Gasteiger charge is 2.20. The van der Waals surface area contributed by atoms with E-state index in [1.807, 2.05) is 18.2 Å². The Bertz CT molecular complexity index is 607. The molecule has 4 rings (SSSR count). The summed E-state index contributed by atoms with van der Waals surface area (Å²) in [5, 5.41) is 6.63. The molecule has 0 saturated heterocycles. The van der Waals surface area contributed by atoms with E-state index in [1.54, 1.807) is 11.3 Å². The predicted octanol–water partition coefficient (Wildman–Crippen LogP) is 2.79. The van der Waals surface area contributed by atoms with Gasteiger partial charge in [0.1, 0.15) is 5.01 Å². The summed E-state index contributed by atoms with van der Waals surface area (Å²) in [7, 11) is 0. The first-order chi connectivity index (χ1) is 9.38. The first-order valence-electron chi connectivity index (χ1n) is 6.46. The van der Waals surface area contributed by atoms with Crippen LogP contribution in [-0.4, -0.2) is 17.8 Å². The van der Waals surface area contributed by atoms with E-state index in [4.69, 9.17) is 9.47 Å². The summed E-state index contributed by atoms with van der Waals surface area (Å²) in [5.74, 6) is 1.63. The third kappa shape index (κ3) is 2.31. The first-order valence-corrected chi connectivity index (χ1v) is 7.34. The van der Waals surface area contributed by atoms with Gasteiger partial charge in [0.05, 0.1) is 5.69 Å². The van der Waals surface area contributed by atoms with Gasteiger partial charge in [-0.3, -0.25) is 0 Å². The van der Waals surface area contributed by atoms with E-state index in [-0.39, 0.29) is 0 Å². The van der Waals surface area contributed by atoms with Gasteiger partial charge < -0.3 is 14.8 Å². The molecule has 0 bridgehead atoms. The number of thiazole rings is 1. The van der Waals surface area contributed by atoms with Crippen molar-refractivity contribution in [1.29, 1.82) is 0 Å². The molecule has 2 aliphatic rings. The lowest BCUT2D eigenvalue weighted by Crippen LogP contribution is -2.15. The average molecular weight is 274 g/mol. The second-order valence-electron chi connectivity index (χ2n) is 4.87. The number of hydrogen-bond donors (Lipinski definition) is 1. The summed E-state index contributed by atoms with van der Waals surface area (Å²) in [6.07, 6.45) is 2.61. The van der Waals surface area contributed by atoms with Crippen LogP contribution in [0.2, 0.25) is 0 Å². The van der Waals surface area contributed by atoms with Crippen molar-refractivity contribution in [3.05, 3.63) is 29.3 Å². The van der Waals surface area contributed by atoms with Gasteiger partial charge in [-0.15, -0.1) is 11.3 Å². The van der Waals surface area contributed by atoms with Gasteiger partial charge in [-0.1, -0.05) is 0 Å². The Morgan fingerprint density at radius 2 is 2.16 bits per heavy atom. The van der Waals surface area contributed by atoms with E-state index in [1.165, 1.54) is 12.8 Å². The second kappa shape index (κ2) is 4.51. The summed E-state index contributed by atoms with van der Waals surface area (Å²) in [6, 6.07) is 6.70. The minimum absolute atomic E-state index is 0.313. The normalized spacial score (nSPS) is 16.8. The van der Waals surface area contributed by atoms with Crippen LogP contribution in [0.3, 0.4) is 0 Å². The molecule has 1 aliphatic carbocycles. The summed E-state index contributed by atoms with van der Waals surface area (Å²) >= 11 is 1.67. The fourth-order valence-electron chi connectivity index (χ4n) is 2.09. The molecule has 1 saturated carbocycles. The van der Waals surface area contributed by atoms with Crippen LogP contribution in [0.5, 0.6) is 11.5 Å². The van der Waals surface area contributed by atoms with Gasteiger partial charge in [0.25, 0.3) is 0 Å². The number of benzene rings is 1. The quantitative estimate of drug-likeness (QED) is 0.931. The number of rotatable bonds is 4. The molecule has 0 radical (unpaired) electrons. The standard InChI is InChI=1S/C14H14N2O2S/c1-4-12-13(18-8-17-12)5-9(1)14-16-11(7-19-14)6-15-10-2-3-10/h1,4-5,7,10,15H,2-3,6,8H2. The molecule has 2 aromatic rings. The van der Waals surface area contributed by atoms with Gasteiger partial charge in [-0.05, 0) is 31.0 Å². The minimum atomic E-state index is 0.313. The molecule has 1 aromatic carbocycles. The SMILES string of the molecule is c1cc2c(cc1-c1nc(CNC3CC3)cs1)OCO2. The molecule has 1 aromatic heterocycles. The van der Waals surface area contributed by atoms with Crippen molar-refractivity contribution in [2.45, 2.75) is 25.4 Å². The van der Waals surface area contributed by atoms with Crippen molar-refractivity contribution in [2.75, 3.05) is 6.79 Å². The molecular formula is C14H14N2O2S. The van der Waals surface area contributed by atoms with Gasteiger partial charge in [0, 0.05) is 23.5 Å². The van der Waals surface area contributed by atoms with Crippen LogP contribution in [-0.2, 0) is 6.54 Å². The number of hydrogen-bond acceptors (Lipinski definition) is 5. The van der Waals surface area contributed by atoms with Gasteiger partial charge in [-0.2, -0.15) is 0 Å². The fraction of sp³-hybridized carbons (Fsp3) is 0.357. The fourth-order valence-corrected chi connectivity index (χ4v) is 2.90. The molecule has 1 aliphatic heterocycles. The Kier molecular flexibility index (Phi) is 2.67. The van der Waals surface area contributed by atoms with Crippen molar-refractivity contribution in [2.24, 2.45) is 0 Å². The summed E-state index contributed by atoms with van der Waals surface area (Å²) in [5.41, 5.74) is 2.21. The molecule has 19 heavy (non-hydrogen) atoms. The molecule has 0 atom stereocenters. The van der Waals surface area contributed by atoms with Crippen LogP contribution in [0.25, 0.3) is 10.6 Å². The van der Waals surface area contributed by atoms with Crippen molar-refractivity contribution in [1.82, 2.24) is 10.3 Å². The van der Waals surface area contributed by atoms with E-state index in [0.29, 0.717) is 6.79 Å². The zero-order valence-corrected chi connectivity index (χ0v) is 11.2. The maximum absolute atomic E-state index is 5.40. The Hall–Kier alpha value is -1.59. The van der Waals surface area contributed by atoms with E-state index in [2.05, 4.69) is 15.7 Å². The van der Waals surface area contributed by atoms with E-state index in [9.17, 15) is 0 Å². The maximum atomic E-state index is 5.40. The van der Waals surface area contributed by atoms with Crippen LogP contribution in [0.4, 0.5) is 0 Å². The van der Waals surface area contributed by atoms with E-state index in [0.717, 1.165) is 40.4 Å². The predicted molar refractivity (Wildman–Crippen MR) is 73.5 cm³/mol. The Morgan fingerprint density at radius 1 is 1.26 bits per heavy atom. The number of ether oxygens (including phenoxy) is 2. The van der Waals surface area contributed by atoms with Gasteiger partial charge in [0.2, 0.25) is 6.79 Å². The molecule has 0 amide bonds. The number of fused-ring (bicyclic) bond motifs is 1. The molecule has 1 fully saturated rings. The lowest BCUT2D eigenvalue weighted by molar-refractivity contribution is 0.174. The lowest BCUT2D eigenvalue weighted by atomic mass is 10.2. The molecule has 0 spiro atoms. The van der Waals surface area contributed by atoms with Crippen molar-refractivity contribution in [3.63, 3.8) is 0 Å². The molecule has 1 N–H and O–H groups in total. The number of nitrogens with one attached hydrogen (secondary N) is 1. The van der Waals surface area contributed by atoms with Crippen LogP contribution in [0.15, 0.2) is 23.6 Å². The Morgan fingerprint density at radius 3 is 3.05 bits per heavy atom. The molecule has 0 unspecified atom stereocenters. The number of aromatic nitrogens is 1. The van der Waals surface area contributed by atoms with Crippen LogP contribution >= 0.6 is 11.3 Å². The van der Waals surface area contributed by atoms with Crippen molar-refractivity contribution in [3.8, 4) is 22.1 Å². The largest absolute Gasteiger partial charge is 0.454 e. The third-order valence-corrected chi connectivity index (χ3v) is 4.26. The molecule has 2 heterocycles. The number of nitrogens with zero attached hydrogens (tertiary/aromatic N) is 1. The van der Waals surface area contributed by atoms with Gasteiger partial charge in [-0.25, -0.2) is 4.98 Å². The Balaban J connectivity index is 1.54.